The van der Waals surface area contributed by atoms with Crippen molar-refractivity contribution >= 4 is 11.8 Å². The van der Waals surface area contributed by atoms with Gasteiger partial charge in [0.25, 0.3) is 0 Å². The number of benzene rings is 2. The molecule has 106 valence electrons. The van der Waals surface area contributed by atoms with Crippen molar-refractivity contribution in [2.75, 3.05) is 6.26 Å². The van der Waals surface area contributed by atoms with Gasteiger partial charge >= 0.3 is 0 Å². The normalized spacial score (nSPS) is 10.8. The van der Waals surface area contributed by atoms with Gasteiger partial charge < -0.3 is 0 Å². The number of aromatic nitrogens is 3. The van der Waals surface area contributed by atoms with Gasteiger partial charge in [-0.05, 0) is 38.3 Å². The lowest BCUT2D eigenvalue weighted by Gasteiger charge is -2.10. The third-order valence-electron chi connectivity index (χ3n) is 3.38. The first-order valence-corrected chi connectivity index (χ1v) is 8.05. The van der Waals surface area contributed by atoms with Crippen LogP contribution in [0.1, 0.15) is 11.1 Å². The van der Waals surface area contributed by atoms with Crippen molar-refractivity contribution in [3.63, 3.8) is 0 Å². The molecule has 0 N–H and O–H groups in total. The van der Waals surface area contributed by atoms with E-state index in [1.54, 1.807) is 11.8 Å². The van der Waals surface area contributed by atoms with Gasteiger partial charge in [0, 0.05) is 11.3 Å². The minimum atomic E-state index is 0.881. The molecule has 0 saturated heterocycles. The molecule has 0 saturated carbocycles. The molecule has 0 aliphatic heterocycles. The van der Waals surface area contributed by atoms with Gasteiger partial charge in [-0.1, -0.05) is 53.2 Å². The molecule has 0 aliphatic rings. The standard InChI is InChI=1S/C17H17N3S/c1-12-7-9-15(10-8-12)20-16(18-19-17(20)21-3)14-6-4-5-13(2)11-14/h4-11H,1-3H3. The van der Waals surface area contributed by atoms with Gasteiger partial charge in [-0.2, -0.15) is 0 Å². The maximum atomic E-state index is 4.39. The topological polar surface area (TPSA) is 30.7 Å². The highest BCUT2D eigenvalue weighted by Gasteiger charge is 2.14. The van der Waals surface area contributed by atoms with Crippen LogP contribution in [0.15, 0.2) is 53.7 Å². The van der Waals surface area contributed by atoms with Crippen LogP contribution in [-0.4, -0.2) is 21.0 Å². The lowest BCUT2D eigenvalue weighted by Crippen LogP contribution is -1.99. The Balaban J connectivity index is 2.19. The average molecular weight is 295 g/mol. The Morgan fingerprint density at radius 1 is 0.905 bits per heavy atom. The summed E-state index contributed by atoms with van der Waals surface area (Å²) in [6.45, 7) is 4.18. The second-order valence-corrected chi connectivity index (χ2v) is 5.82. The van der Waals surface area contributed by atoms with Crippen molar-refractivity contribution in [2.24, 2.45) is 0 Å². The first-order chi connectivity index (χ1) is 10.2. The zero-order chi connectivity index (χ0) is 14.8. The predicted molar refractivity (Wildman–Crippen MR) is 88.1 cm³/mol. The molecule has 4 heteroatoms. The van der Waals surface area contributed by atoms with Crippen molar-refractivity contribution in [3.8, 4) is 17.1 Å². The van der Waals surface area contributed by atoms with E-state index in [-0.39, 0.29) is 0 Å². The van der Waals surface area contributed by atoms with Crippen LogP contribution in [0.5, 0.6) is 0 Å². The van der Waals surface area contributed by atoms with Crippen molar-refractivity contribution in [3.05, 3.63) is 59.7 Å². The van der Waals surface area contributed by atoms with Crippen molar-refractivity contribution in [1.29, 1.82) is 0 Å². The van der Waals surface area contributed by atoms with Crippen molar-refractivity contribution < 1.29 is 0 Å². The Bertz CT molecular complexity index is 760. The minimum Gasteiger partial charge on any atom is -0.270 e. The van der Waals surface area contributed by atoms with Gasteiger partial charge in [0.1, 0.15) is 0 Å². The summed E-state index contributed by atoms with van der Waals surface area (Å²) in [6.07, 6.45) is 2.02. The maximum Gasteiger partial charge on any atom is 0.195 e. The molecule has 3 aromatic rings. The van der Waals surface area contributed by atoms with Gasteiger partial charge in [0.2, 0.25) is 0 Å². The molecule has 0 amide bonds. The third kappa shape index (κ3) is 2.72. The summed E-state index contributed by atoms with van der Waals surface area (Å²) in [5, 5.41) is 9.60. The molecule has 3 rings (SSSR count). The van der Waals surface area contributed by atoms with E-state index in [0.29, 0.717) is 0 Å². The molecule has 0 bridgehead atoms. The number of hydrogen-bond donors (Lipinski definition) is 0. The Morgan fingerprint density at radius 3 is 2.33 bits per heavy atom. The number of nitrogens with zero attached hydrogens (tertiary/aromatic N) is 3. The van der Waals surface area contributed by atoms with Gasteiger partial charge in [0.15, 0.2) is 11.0 Å². The first kappa shape index (κ1) is 13.9. The quantitative estimate of drug-likeness (QED) is 0.676. The van der Waals surface area contributed by atoms with E-state index in [2.05, 4.69) is 77.1 Å². The summed E-state index contributed by atoms with van der Waals surface area (Å²) < 4.78 is 2.11. The van der Waals surface area contributed by atoms with E-state index in [4.69, 9.17) is 0 Å². The van der Waals surface area contributed by atoms with Crippen LogP contribution in [0.3, 0.4) is 0 Å². The van der Waals surface area contributed by atoms with Gasteiger partial charge in [-0.25, -0.2) is 0 Å². The van der Waals surface area contributed by atoms with Crippen molar-refractivity contribution in [1.82, 2.24) is 14.8 Å². The Hall–Kier alpha value is -2.07. The Morgan fingerprint density at radius 2 is 1.67 bits per heavy atom. The van der Waals surface area contributed by atoms with E-state index in [0.717, 1.165) is 22.2 Å². The molecule has 0 unspecified atom stereocenters. The summed E-state index contributed by atoms with van der Waals surface area (Å²) >= 11 is 1.60. The molecule has 3 nitrogen and oxygen atoms in total. The molecule has 1 aromatic heterocycles. The maximum absolute atomic E-state index is 4.39. The zero-order valence-corrected chi connectivity index (χ0v) is 13.2. The first-order valence-electron chi connectivity index (χ1n) is 6.82. The highest BCUT2D eigenvalue weighted by molar-refractivity contribution is 7.98. The molecule has 0 spiro atoms. The smallest absolute Gasteiger partial charge is 0.195 e. The van der Waals surface area contributed by atoms with E-state index in [9.17, 15) is 0 Å². The number of hydrogen-bond acceptors (Lipinski definition) is 3. The minimum absolute atomic E-state index is 0.881. The summed E-state index contributed by atoms with van der Waals surface area (Å²) in [6, 6.07) is 16.8. The van der Waals surface area contributed by atoms with Gasteiger partial charge in [0.05, 0.1) is 0 Å². The Labute approximate surface area is 129 Å². The monoisotopic (exact) mass is 295 g/mol. The average Bonchev–Trinajstić information content (AvgIpc) is 2.92. The molecule has 2 aromatic carbocycles. The van der Waals surface area contributed by atoms with Crippen LogP contribution in [-0.2, 0) is 0 Å². The molecule has 0 atom stereocenters. The number of rotatable bonds is 3. The lowest BCUT2D eigenvalue weighted by molar-refractivity contribution is 0.888. The van der Waals surface area contributed by atoms with Crippen LogP contribution < -0.4 is 0 Å². The van der Waals surface area contributed by atoms with Gasteiger partial charge in [-0.3, -0.25) is 4.57 Å². The van der Waals surface area contributed by atoms with Crippen LogP contribution in [0.25, 0.3) is 17.1 Å². The molecular formula is C17H17N3S. The van der Waals surface area contributed by atoms with E-state index >= 15 is 0 Å². The zero-order valence-electron chi connectivity index (χ0n) is 12.4. The lowest BCUT2D eigenvalue weighted by atomic mass is 10.1. The second-order valence-electron chi connectivity index (χ2n) is 5.05. The largest absolute Gasteiger partial charge is 0.270 e. The van der Waals surface area contributed by atoms with Crippen molar-refractivity contribution in [2.45, 2.75) is 19.0 Å². The summed E-state index contributed by atoms with van der Waals surface area (Å²) in [7, 11) is 0. The molecule has 0 aliphatic carbocycles. The Kier molecular flexibility index (Phi) is 3.80. The fourth-order valence-corrected chi connectivity index (χ4v) is 2.80. The molecule has 0 radical (unpaired) electrons. The highest BCUT2D eigenvalue weighted by Crippen LogP contribution is 2.27. The summed E-state index contributed by atoms with van der Waals surface area (Å²) in [5.74, 6) is 0.881. The van der Waals surface area contributed by atoms with Crippen LogP contribution in [0, 0.1) is 13.8 Å². The van der Waals surface area contributed by atoms with Crippen LogP contribution in [0.4, 0.5) is 0 Å². The molecule has 1 heterocycles. The van der Waals surface area contributed by atoms with Crippen LogP contribution in [0.2, 0.25) is 0 Å². The van der Waals surface area contributed by atoms with Gasteiger partial charge in [-0.15, -0.1) is 10.2 Å². The van der Waals surface area contributed by atoms with E-state index in [1.165, 1.54) is 11.1 Å². The molecule has 21 heavy (non-hydrogen) atoms. The highest BCUT2D eigenvalue weighted by atomic mass is 32.2. The third-order valence-corrected chi connectivity index (χ3v) is 4.01. The van der Waals surface area contributed by atoms with E-state index < -0.39 is 0 Å². The fourth-order valence-electron chi connectivity index (χ4n) is 2.30. The summed E-state index contributed by atoms with van der Waals surface area (Å²) in [4.78, 5) is 0. The van der Waals surface area contributed by atoms with Crippen LogP contribution >= 0.6 is 11.8 Å². The van der Waals surface area contributed by atoms with E-state index in [1.807, 2.05) is 6.26 Å². The SMILES string of the molecule is CSc1nnc(-c2cccc(C)c2)n1-c1ccc(C)cc1. The molecular weight excluding hydrogens is 278 g/mol. The molecule has 0 fully saturated rings. The fraction of sp³-hybridized carbons (Fsp3) is 0.176. The number of thioether (sulfide) groups is 1. The predicted octanol–water partition coefficient (Wildman–Crippen LogP) is 4.27. The number of aryl methyl sites for hydroxylation is 2. The second kappa shape index (κ2) is 5.74. The summed E-state index contributed by atoms with van der Waals surface area (Å²) in [5.41, 5.74) is 4.64.